The maximum atomic E-state index is 13.0. The second-order valence-corrected chi connectivity index (χ2v) is 9.81. The number of ether oxygens (including phenoxy) is 1. The van der Waals surface area contributed by atoms with Crippen LogP contribution in [0.25, 0.3) is 0 Å². The molecule has 2 aromatic carbocycles. The van der Waals surface area contributed by atoms with Gasteiger partial charge in [-0.2, -0.15) is 4.98 Å². The summed E-state index contributed by atoms with van der Waals surface area (Å²) < 4.78 is 8.09. The minimum atomic E-state index is -0.321. The molecule has 0 saturated carbocycles. The van der Waals surface area contributed by atoms with Crippen molar-refractivity contribution < 1.29 is 9.53 Å². The average molecular weight is 595 g/mol. The van der Waals surface area contributed by atoms with E-state index in [9.17, 15) is 4.79 Å². The Balaban J connectivity index is 1.41. The highest BCUT2D eigenvalue weighted by Crippen LogP contribution is 2.35. The van der Waals surface area contributed by atoms with E-state index in [1.807, 2.05) is 59.5 Å². The van der Waals surface area contributed by atoms with Crippen molar-refractivity contribution in [3.63, 3.8) is 0 Å². The van der Waals surface area contributed by atoms with Crippen LogP contribution < -0.4 is 15.0 Å². The first-order valence-corrected chi connectivity index (χ1v) is 12.6. The Morgan fingerprint density at radius 3 is 2.66 bits per heavy atom. The number of hydrogen-bond donors (Lipinski definition) is 1. The van der Waals surface area contributed by atoms with E-state index < -0.39 is 0 Å². The SMILES string of the molecule is O=C(NCc1ccccn1)c1cnc(N2CCc3cc(Br)ccc32)nc1OCc1ccc(Br)cc1. The standard InChI is InChI=1S/C26H21Br2N5O2/c27-19-6-4-17(5-7-19)16-35-25-22(24(34)30-14-21-3-1-2-11-29-21)15-31-26(32-25)33-12-10-18-13-20(28)8-9-23(18)33/h1-9,11,13,15H,10,12,14,16H2,(H,30,34). The number of halogens is 2. The van der Waals surface area contributed by atoms with Crippen molar-refractivity contribution in [3.05, 3.63) is 104 Å². The van der Waals surface area contributed by atoms with Gasteiger partial charge in [0.25, 0.3) is 5.91 Å². The van der Waals surface area contributed by atoms with Gasteiger partial charge in [0, 0.05) is 33.6 Å². The van der Waals surface area contributed by atoms with Gasteiger partial charge in [-0.3, -0.25) is 9.78 Å². The van der Waals surface area contributed by atoms with Crippen molar-refractivity contribution in [1.29, 1.82) is 0 Å². The molecule has 2 aromatic heterocycles. The molecule has 5 rings (SSSR count). The number of pyridine rings is 1. The number of nitrogens with one attached hydrogen (secondary N) is 1. The highest BCUT2D eigenvalue weighted by Gasteiger charge is 2.25. The zero-order chi connectivity index (χ0) is 24.2. The van der Waals surface area contributed by atoms with E-state index in [1.165, 1.54) is 11.8 Å². The Hall–Kier alpha value is -3.30. The molecule has 0 radical (unpaired) electrons. The molecule has 0 fully saturated rings. The third-order valence-electron chi connectivity index (χ3n) is 5.61. The summed E-state index contributed by atoms with van der Waals surface area (Å²) in [5.74, 6) is 0.416. The van der Waals surface area contributed by atoms with Crippen LogP contribution in [0.4, 0.5) is 11.6 Å². The maximum absolute atomic E-state index is 13.0. The second-order valence-electron chi connectivity index (χ2n) is 7.98. The van der Waals surface area contributed by atoms with E-state index in [1.54, 1.807) is 6.20 Å². The summed E-state index contributed by atoms with van der Waals surface area (Å²) in [4.78, 5) is 28.5. The summed E-state index contributed by atoms with van der Waals surface area (Å²) in [5, 5.41) is 2.89. The molecule has 0 saturated heterocycles. The quantitative estimate of drug-likeness (QED) is 0.300. The van der Waals surface area contributed by atoms with Gasteiger partial charge in [-0.15, -0.1) is 0 Å². The topological polar surface area (TPSA) is 80.2 Å². The van der Waals surface area contributed by atoms with Gasteiger partial charge < -0.3 is 15.0 Å². The fourth-order valence-electron chi connectivity index (χ4n) is 3.83. The number of amides is 1. The molecule has 9 heteroatoms. The van der Waals surface area contributed by atoms with Crippen LogP contribution in [0.5, 0.6) is 5.88 Å². The Kier molecular flexibility index (Phi) is 7.06. The van der Waals surface area contributed by atoms with Gasteiger partial charge in [0.05, 0.1) is 12.2 Å². The Labute approximate surface area is 219 Å². The first-order chi connectivity index (χ1) is 17.1. The van der Waals surface area contributed by atoms with Gasteiger partial charge in [-0.1, -0.05) is 50.1 Å². The summed E-state index contributed by atoms with van der Waals surface area (Å²) in [6.45, 7) is 1.32. The number of carbonyl (C=O) groups is 1. The Morgan fingerprint density at radius 2 is 1.86 bits per heavy atom. The van der Waals surface area contributed by atoms with Crippen LogP contribution in [-0.4, -0.2) is 27.4 Å². The minimum Gasteiger partial charge on any atom is -0.472 e. The molecule has 0 bridgehead atoms. The number of hydrogen-bond acceptors (Lipinski definition) is 6. The molecular formula is C26H21Br2N5O2. The fraction of sp³-hybridized carbons (Fsp3) is 0.154. The lowest BCUT2D eigenvalue weighted by molar-refractivity contribution is 0.0944. The first kappa shape index (κ1) is 23.4. The van der Waals surface area contributed by atoms with E-state index in [0.717, 1.165) is 38.9 Å². The maximum Gasteiger partial charge on any atom is 0.258 e. The number of fused-ring (bicyclic) bond motifs is 1. The Morgan fingerprint density at radius 1 is 1.03 bits per heavy atom. The molecule has 1 aliphatic rings. The van der Waals surface area contributed by atoms with Crippen molar-refractivity contribution >= 4 is 49.4 Å². The van der Waals surface area contributed by atoms with Gasteiger partial charge in [-0.05, 0) is 60.0 Å². The van der Waals surface area contributed by atoms with Crippen molar-refractivity contribution in [2.24, 2.45) is 0 Å². The number of anilines is 2. The molecule has 7 nitrogen and oxygen atoms in total. The highest BCUT2D eigenvalue weighted by atomic mass is 79.9. The zero-order valence-corrected chi connectivity index (χ0v) is 21.8. The monoisotopic (exact) mass is 593 g/mol. The lowest BCUT2D eigenvalue weighted by Crippen LogP contribution is -2.25. The number of carbonyl (C=O) groups excluding carboxylic acids is 1. The second kappa shape index (κ2) is 10.5. The van der Waals surface area contributed by atoms with Crippen LogP contribution in [0.1, 0.15) is 27.2 Å². The number of aromatic nitrogens is 3. The molecular weight excluding hydrogens is 574 g/mol. The van der Waals surface area contributed by atoms with Crippen molar-refractivity contribution in [2.45, 2.75) is 19.6 Å². The molecule has 1 N–H and O–H groups in total. The number of benzene rings is 2. The normalized spacial score (nSPS) is 12.3. The zero-order valence-electron chi connectivity index (χ0n) is 18.6. The molecule has 176 valence electrons. The lowest BCUT2D eigenvalue weighted by atomic mass is 10.2. The number of rotatable bonds is 7. The summed E-state index contributed by atoms with van der Waals surface area (Å²) in [6, 6.07) is 19.5. The summed E-state index contributed by atoms with van der Waals surface area (Å²) in [7, 11) is 0. The van der Waals surface area contributed by atoms with E-state index >= 15 is 0 Å². The Bertz CT molecular complexity index is 1350. The molecule has 1 amide bonds. The van der Waals surface area contributed by atoms with Crippen LogP contribution in [0.15, 0.2) is 82.0 Å². The van der Waals surface area contributed by atoms with Gasteiger partial charge in [0.2, 0.25) is 11.8 Å². The smallest absolute Gasteiger partial charge is 0.258 e. The molecule has 0 spiro atoms. The van der Waals surface area contributed by atoms with Crippen LogP contribution in [0.3, 0.4) is 0 Å². The lowest BCUT2D eigenvalue weighted by Gasteiger charge is -2.19. The molecule has 1 aliphatic heterocycles. The molecule has 0 atom stereocenters. The highest BCUT2D eigenvalue weighted by molar-refractivity contribution is 9.10. The molecule has 0 aliphatic carbocycles. The first-order valence-electron chi connectivity index (χ1n) is 11.1. The van der Waals surface area contributed by atoms with E-state index in [2.05, 4.69) is 58.2 Å². The fourth-order valence-corrected chi connectivity index (χ4v) is 4.51. The average Bonchev–Trinajstić information content (AvgIpc) is 3.30. The van der Waals surface area contributed by atoms with Crippen molar-refractivity contribution in [3.8, 4) is 5.88 Å². The summed E-state index contributed by atoms with van der Waals surface area (Å²) in [5.41, 5.74) is 4.27. The van der Waals surface area contributed by atoms with Gasteiger partial charge in [0.1, 0.15) is 12.2 Å². The minimum absolute atomic E-state index is 0.238. The predicted octanol–water partition coefficient (Wildman–Crippen LogP) is 5.60. The summed E-state index contributed by atoms with van der Waals surface area (Å²) in [6.07, 6.45) is 4.11. The van der Waals surface area contributed by atoms with Crippen LogP contribution in [-0.2, 0) is 19.6 Å². The van der Waals surface area contributed by atoms with E-state index in [0.29, 0.717) is 12.5 Å². The van der Waals surface area contributed by atoms with Crippen LogP contribution >= 0.6 is 31.9 Å². The van der Waals surface area contributed by atoms with Gasteiger partial charge in [-0.25, -0.2) is 4.98 Å². The van der Waals surface area contributed by atoms with Crippen molar-refractivity contribution in [1.82, 2.24) is 20.3 Å². The predicted molar refractivity (Wildman–Crippen MR) is 141 cm³/mol. The molecule has 0 unspecified atom stereocenters. The van der Waals surface area contributed by atoms with Crippen molar-refractivity contribution in [2.75, 3.05) is 11.4 Å². The van der Waals surface area contributed by atoms with E-state index in [-0.39, 0.29) is 24.0 Å². The summed E-state index contributed by atoms with van der Waals surface area (Å²) >= 11 is 6.98. The molecule has 3 heterocycles. The van der Waals surface area contributed by atoms with E-state index in [4.69, 9.17) is 4.74 Å². The third kappa shape index (κ3) is 5.52. The molecule has 35 heavy (non-hydrogen) atoms. The largest absolute Gasteiger partial charge is 0.472 e. The third-order valence-corrected chi connectivity index (χ3v) is 6.63. The van der Waals surface area contributed by atoms with Crippen LogP contribution in [0, 0.1) is 0 Å². The van der Waals surface area contributed by atoms with Gasteiger partial charge >= 0.3 is 0 Å². The van der Waals surface area contributed by atoms with Crippen LogP contribution in [0.2, 0.25) is 0 Å². The number of nitrogens with zero attached hydrogens (tertiary/aromatic N) is 4. The molecule has 4 aromatic rings. The van der Waals surface area contributed by atoms with Gasteiger partial charge in [0.15, 0.2) is 0 Å².